The summed E-state index contributed by atoms with van der Waals surface area (Å²) in [6.07, 6.45) is 3.42. The Labute approximate surface area is 108 Å². The van der Waals surface area contributed by atoms with E-state index in [2.05, 4.69) is 29.6 Å². The number of hydrogen-bond donors (Lipinski definition) is 2. The van der Waals surface area contributed by atoms with E-state index >= 15 is 0 Å². The van der Waals surface area contributed by atoms with Crippen molar-refractivity contribution >= 4 is 0 Å². The van der Waals surface area contributed by atoms with Crippen LogP contribution in [0.4, 0.5) is 0 Å². The van der Waals surface area contributed by atoms with Gasteiger partial charge >= 0.3 is 0 Å². The average molecular weight is 247 g/mol. The van der Waals surface area contributed by atoms with Crippen molar-refractivity contribution in [3.8, 4) is 0 Å². The van der Waals surface area contributed by atoms with Gasteiger partial charge in [0.2, 0.25) is 0 Å². The molecular formula is C15H21NO2. The van der Waals surface area contributed by atoms with E-state index in [0.717, 1.165) is 18.9 Å². The number of nitrogens with one attached hydrogen (secondary N) is 1. The maximum absolute atomic E-state index is 10.1. The maximum Gasteiger partial charge on any atom is 0.102 e. The van der Waals surface area contributed by atoms with Crippen molar-refractivity contribution in [2.24, 2.45) is 0 Å². The lowest BCUT2D eigenvalue weighted by molar-refractivity contribution is 0.0268. The molecule has 0 aromatic heterocycles. The average Bonchev–Trinajstić information content (AvgIpc) is 3.14. The number of benzene rings is 1. The highest BCUT2D eigenvalue weighted by Crippen LogP contribution is 2.40. The Morgan fingerprint density at radius 2 is 2.28 bits per heavy atom. The minimum Gasteiger partial charge on any atom is -0.386 e. The van der Waals surface area contributed by atoms with Gasteiger partial charge in [0.25, 0.3) is 0 Å². The molecule has 0 radical (unpaired) electrons. The second kappa shape index (κ2) is 5.00. The lowest BCUT2D eigenvalue weighted by atomic mass is 10.0. The molecule has 2 aliphatic rings. The Hall–Kier alpha value is -0.900. The first-order valence-electron chi connectivity index (χ1n) is 6.85. The molecule has 0 bridgehead atoms. The molecular weight excluding hydrogens is 226 g/mol. The van der Waals surface area contributed by atoms with Crippen molar-refractivity contribution in [1.29, 1.82) is 0 Å². The van der Waals surface area contributed by atoms with Crippen LogP contribution in [-0.2, 0) is 11.3 Å². The number of ether oxygens (including phenoxy) is 1. The van der Waals surface area contributed by atoms with Crippen LogP contribution in [0, 0.1) is 0 Å². The van der Waals surface area contributed by atoms with E-state index in [1.165, 1.54) is 24.0 Å². The van der Waals surface area contributed by atoms with E-state index in [-0.39, 0.29) is 0 Å². The highest BCUT2D eigenvalue weighted by atomic mass is 16.5. The van der Waals surface area contributed by atoms with Crippen LogP contribution in [0.2, 0.25) is 0 Å². The first kappa shape index (κ1) is 12.2. The topological polar surface area (TPSA) is 41.5 Å². The zero-order valence-electron chi connectivity index (χ0n) is 10.7. The van der Waals surface area contributed by atoms with Crippen molar-refractivity contribution in [1.82, 2.24) is 5.32 Å². The van der Waals surface area contributed by atoms with E-state index in [1.54, 1.807) is 0 Å². The van der Waals surface area contributed by atoms with Gasteiger partial charge in [-0.3, -0.25) is 0 Å². The van der Waals surface area contributed by atoms with Gasteiger partial charge in [-0.1, -0.05) is 24.3 Å². The summed E-state index contributed by atoms with van der Waals surface area (Å²) in [6.45, 7) is 2.57. The molecule has 2 N–H and O–H groups in total. The number of aliphatic hydroxyl groups is 1. The molecule has 1 saturated carbocycles. The van der Waals surface area contributed by atoms with Gasteiger partial charge in [0, 0.05) is 26.1 Å². The molecule has 3 heteroatoms. The van der Waals surface area contributed by atoms with Crippen LogP contribution in [0.25, 0.3) is 0 Å². The van der Waals surface area contributed by atoms with E-state index in [9.17, 15) is 5.11 Å². The number of rotatable bonds is 5. The molecule has 98 valence electrons. The summed E-state index contributed by atoms with van der Waals surface area (Å²) < 4.78 is 5.23. The van der Waals surface area contributed by atoms with Gasteiger partial charge in [0.15, 0.2) is 0 Å². The van der Waals surface area contributed by atoms with Gasteiger partial charge in [0.1, 0.15) is 5.60 Å². The smallest absolute Gasteiger partial charge is 0.102 e. The Bertz CT molecular complexity index is 409. The van der Waals surface area contributed by atoms with Gasteiger partial charge in [-0.25, -0.2) is 0 Å². The Morgan fingerprint density at radius 1 is 1.39 bits per heavy atom. The third-order valence-electron chi connectivity index (χ3n) is 3.87. The van der Waals surface area contributed by atoms with Gasteiger partial charge in [-0.05, 0) is 29.9 Å². The molecule has 3 nitrogen and oxygen atoms in total. The maximum atomic E-state index is 10.1. The summed E-state index contributed by atoms with van der Waals surface area (Å²) >= 11 is 0. The predicted octanol–water partition coefficient (Wildman–Crippen LogP) is 1.80. The van der Waals surface area contributed by atoms with Crippen LogP contribution in [0.5, 0.6) is 0 Å². The highest BCUT2D eigenvalue weighted by molar-refractivity contribution is 5.29. The molecule has 1 unspecified atom stereocenters. The van der Waals surface area contributed by atoms with E-state index in [4.69, 9.17) is 4.74 Å². The van der Waals surface area contributed by atoms with Gasteiger partial charge in [-0.2, -0.15) is 0 Å². The van der Waals surface area contributed by atoms with E-state index < -0.39 is 5.60 Å². The van der Waals surface area contributed by atoms with Gasteiger partial charge < -0.3 is 15.2 Å². The Morgan fingerprint density at radius 3 is 3.00 bits per heavy atom. The van der Waals surface area contributed by atoms with Crippen LogP contribution in [0.15, 0.2) is 24.3 Å². The molecule has 1 aliphatic carbocycles. The fourth-order valence-corrected chi connectivity index (χ4v) is 2.55. The largest absolute Gasteiger partial charge is 0.386 e. The highest BCUT2D eigenvalue weighted by Gasteiger charge is 2.31. The summed E-state index contributed by atoms with van der Waals surface area (Å²) in [5, 5.41) is 13.5. The van der Waals surface area contributed by atoms with Crippen molar-refractivity contribution in [2.45, 2.75) is 37.3 Å². The molecule has 1 saturated heterocycles. The van der Waals surface area contributed by atoms with Crippen LogP contribution in [0.1, 0.15) is 36.3 Å². The molecule has 1 heterocycles. The van der Waals surface area contributed by atoms with Crippen LogP contribution < -0.4 is 5.32 Å². The van der Waals surface area contributed by atoms with Gasteiger partial charge in [0.05, 0.1) is 6.61 Å². The zero-order valence-corrected chi connectivity index (χ0v) is 10.7. The first-order valence-corrected chi connectivity index (χ1v) is 6.85. The Kier molecular flexibility index (Phi) is 3.37. The molecule has 2 fully saturated rings. The molecule has 0 spiro atoms. The monoisotopic (exact) mass is 247 g/mol. The molecule has 1 aliphatic heterocycles. The molecule has 1 aromatic rings. The summed E-state index contributed by atoms with van der Waals surface area (Å²) in [6, 6.07) is 8.80. The number of hydrogen-bond acceptors (Lipinski definition) is 3. The normalized spacial score (nSPS) is 27.6. The van der Waals surface area contributed by atoms with Crippen LogP contribution in [0.3, 0.4) is 0 Å². The van der Waals surface area contributed by atoms with E-state index in [1.807, 2.05) is 0 Å². The summed E-state index contributed by atoms with van der Waals surface area (Å²) in [5.41, 5.74) is 2.12. The van der Waals surface area contributed by atoms with Crippen molar-refractivity contribution < 1.29 is 9.84 Å². The van der Waals surface area contributed by atoms with Crippen LogP contribution >= 0.6 is 0 Å². The molecule has 1 aromatic carbocycles. The second-order valence-corrected chi connectivity index (χ2v) is 5.65. The van der Waals surface area contributed by atoms with Crippen molar-refractivity contribution in [3.05, 3.63) is 35.4 Å². The van der Waals surface area contributed by atoms with Gasteiger partial charge in [-0.15, -0.1) is 0 Å². The zero-order chi connectivity index (χ0) is 12.4. The second-order valence-electron chi connectivity index (χ2n) is 5.65. The first-order chi connectivity index (χ1) is 8.75. The summed E-state index contributed by atoms with van der Waals surface area (Å²) in [5.74, 6) is 0.803. The quantitative estimate of drug-likeness (QED) is 0.833. The third-order valence-corrected chi connectivity index (χ3v) is 3.87. The lowest BCUT2D eigenvalue weighted by Crippen LogP contribution is -2.40. The van der Waals surface area contributed by atoms with Crippen molar-refractivity contribution in [3.63, 3.8) is 0 Å². The minimum atomic E-state index is -0.659. The standard InChI is InChI=1S/C15H21NO2/c17-15(6-7-18-11-15)10-16-9-12-2-1-3-14(8-12)13-4-5-13/h1-3,8,13,16-17H,4-7,9-11H2. The third kappa shape index (κ3) is 2.91. The van der Waals surface area contributed by atoms with Crippen molar-refractivity contribution in [2.75, 3.05) is 19.8 Å². The minimum absolute atomic E-state index is 0.460. The SMILES string of the molecule is OC1(CNCc2cccc(C3CC3)c2)CCOC1. The summed E-state index contributed by atoms with van der Waals surface area (Å²) in [4.78, 5) is 0. The Balaban J connectivity index is 1.51. The summed E-state index contributed by atoms with van der Waals surface area (Å²) in [7, 11) is 0. The van der Waals surface area contributed by atoms with E-state index in [0.29, 0.717) is 19.8 Å². The molecule has 1 atom stereocenters. The molecule has 18 heavy (non-hydrogen) atoms. The van der Waals surface area contributed by atoms with Crippen LogP contribution in [-0.4, -0.2) is 30.5 Å². The lowest BCUT2D eigenvalue weighted by Gasteiger charge is -2.20. The fraction of sp³-hybridized carbons (Fsp3) is 0.600. The predicted molar refractivity (Wildman–Crippen MR) is 70.5 cm³/mol. The molecule has 3 rings (SSSR count). The molecule has 0 amide bonds. The fourth-order valence-electron chi connectivity index (χ4n) is 2.55.